The number of aliphatic carboxylic acids is 1. The third-order valence-corrected chi connectivity index (χ3v) is 14.2. The molecule has 83 heavy (non-hydrogen) atoms. The van der Waals surface area contributed by atoms with Crippen LogP contribution in [0.25, 0.3) is 0 Å². The quantitative estimate of drug-likeness (QED) is 0.0195. The molecule has 9 heteroatoms. The van der Waals surface area contributed by atoms with Gasteiger partial charge >= 0.3 is 11.9 Å². The zero-order chi connectivity index (χ0) is 60.5. The fourth-order valence-corrected chi connectivity index (χ4v) is 9.05. The number of ether oxygens (including phenoxy) is 4. The standard InChI is InChI=1S/C74H125NO8/c1-6-8-10-12-14-16-18-20-22-24-26-28-30-31-32-33-34-35-36-37-38-39-40-41-43-45-47-49-51-53-55-57-59-61-63-65-72(77)83-70(69-82-74(73(78)79)80-67-66-75(3,4)5)68-81-71(76)64-62-60-58-56-54-52-50-48-46-44-42-29-27-25-23-21-19-17-15-13-11-9-7-2/h8,10,14,16,19-22,25-28,31-32,34-35,37-38,40-41,70,74H,6-7,9,11-13,15,17-18,23-24,29-30,33,36,39,42-69H2,1-5H3/b10-8-,16-14-,21-19-,22-20-,27-25-,28-26-,32-31-,35-34-,38-37-,41-40-. The van der Waals surface area contributed by atoms with Gasteiger partial charge in [0.05, 0.1) is 40.3 Å². The first kappa shape index (κ1) is 78.7. The van der Waals surface area contributed by atoms with Gasteiger partial charge in [0, 0.05) is 12.8 Å². The van der Waals surface area contributed by atoms with E-state index in [1.807, 2.05) is 21.1 Å². The summed E-state index contributed by atoms with van der Waals surface area (Å²) in [4.78, 5) is 37.5. The second-order valence-corrected chi connectivity index (χ2v) is 23.4. The Labute approximate surface area is 510 Å². The van der Waals surface area contributed by atoms with E-state index in [0.29, 0.717) is 17.4 Å². The van der Waals surface area contributed by atoms with Gasteiger partial charge in [-0.3, -0.25) is 9.59 Å². The summed E-state index contributed by atoms with van der Waals surface area (Å²) in [5.41, 5.74) is 0. The van der Waals surface area contributed by atoms with Crippen LogP contribution in [0.1, 0.15) is 271 Å². The van der Waals surface area contributed by atoms with Crippen molar-refractivity contribution in [2.24, 2.45) is 0 Å². The smallest absolute Gasteiger partial charge is 0.306 e. The van der Waals surface area contributed by atoms with Crippen LogP contribution in [0, 0.1) is 0 Å². The highest BCUT2D eigenvalue weighted by Crippen LogP contribution is 2.16. The SMILES string of the molecule is CC/C=C\C/C=C\C/C=C\C/C=C\C/C=C\C/C=C\C/C=C\C/C=C\CCCCCCCCCCCCC(=O)OC(COC(=O)CCCCCCCCCCCCC/C=C\C/C=C\CCCCCCC)COC(OCC[N+](C)(C)C)C(=O)[O-]. The average molecular weight is 1160 g/mol. The van der Waals surface area contributed by atoms with Gasteiger partial charge in [-0.25, -0.2) is 0 Å². The molecule has 0 fully saturated rings. The molecule has 474 valence electrons. The summed E-state index contributed by atoms with van der Waals surface area (Å²) in [6, 6.07) is 0. The number of esters is 2. The number of unbranched alkanes of at least 4 members (excludes halogenated alkanes) is 26. The second kappa shape index (κ2) is 63.7. The van der Waals surface area contributed by atoms with Crippen LogP contribution in [0.5, 0.6) is 0 Å². The van der Waals surface area contributed by atoms with E-state index < -0.39 is 24.3 Å². The summed E-state index contributed by atoms with van der Waals surface area (Å²) in [6.45, 7) is 4.62. The molecule has 0 bridgehead atoms. The number of carboxylic acid groups (broad SMARTS) is 1. The third-order valence-electron chi connectivity index (χ3n) is 14.2. The van der Waals surface area contributed by atoms with E-state index >= 15 is 0 Å². The first-order valence-electron chi connectivity index (χ1n) is 33.7. The maximum Gasteiger partial charge on any atom is 0.306 e. The van der Waals surface area contributed by atoms with Crippen LogP contribution in [-0.4, -0.2) is 82.3 Å². The molecule has 2 unspecified atom stereocenters. The molecule has 2 atom stereocenters. The molecule has 0 aromatic heterocycles. The normalized spacial score (nSPS) is 13.5. The van der Waals surface area contributed by atoms with Gasteiger partial charge in [0.2, 0.25) is 0 Å². The van der Waals surface area contributed by atoms with Crippen molar-refractivity contribution >= 4 is 17.9 Å². The van der Waals surface area contributed by atoms with Crippen LogP contribution in [-0.2, 0) is 33.3 Å². The highest BCUT2D eigenvalue weighted by molar-refractivity contribution is 5.70. The predicted molar refractivity (Wildman–Crippen MR) is 352 cm³/mol. The predicted octanol–water partition coefficient (Wildman–Crippen LogP) is 19.5. The molecule has 9 nitrogen and oxygen atoms in total. The maximum atomic E-state index is 12.9. The molecule has 0 heterocycles. The molecular formula is C74H125NO8. The summed E-state index contributed by atoms with van der Waals surface area (Å²) in [6.07, 6.45) is 86.9. The number of carbonyl (C=O) groups is 3. The van der Waals surface area contributed by atoms with E-state index in [-0.39, 0.29) is 38.6 Å². The van der Waals surface area contributed by atoms with Crippen molar-refractivity contribution in [2.75, 3.05) is 47.5 Å². The van der Waals surface area contributed by atoms with Crippen molar-refractivity contribution < 1.29 is 42.9 Å². The molecule has 0 aromatic rings. The first-order chi connectivity index (χ1) is 40.6. The molecule has 0 aliphatic rings. The van der Waals surface area contributed by atoms with Gasteiger partial charge in [-0.2, -0.15) is 0 Å². The lowest BCUT2D eigenvalue weighted by Crippen LogP contribution is -2.44. The van der Waals surface area contributed by atoms with E-state index in [9.17, 15) is 19.5 Å². The number of carboxylic acids is 1. The Morgan fingerprint density at radius 3 is 1.02 bits per heavy atom. The molecule has 0 saturated carbocycles. The van der Waals surface area contributed by atoms with Gasteiger partial charge in [-0.15, -0.1) is 0 Å². The van der Waals surface area contributed by atoms with E-state index in [4.69, 9.17) is 18.9 Å². The molecule has 0 N–H and O–H groups in total. The fourth-order valence-electron chi connectivity index (χ4n) is 9.05. The highest BCUT2D eigenvalue weighted by Gasteiger charge is 2.22. The number of allylic oxidation sites excluding steroid dienone is 20. The monoisotopic (exact) mass is 1160 g/mol. The number of nitrogens with zero attached hydrogens (tertiary/aromatic N) is 1. The van der Waals surface area contributed by atoms with Crippen molar-refractivity contribution in [1.29, 1.82) is 0 Å². The van der Waals surface area contributed by atoms with Crippen LogP contribution in [0.15, 0.2) is 122 Å². The van der Waals surface area contributed by atoms with Gasteiger partial charge in [-0.05, 0) is 109 Å². The summed E-state index contributed by atoms with van der Waals surface area (Å²) in [5.74, 6) is -2.29. The van der Waals surface area contributed by atoms with Crippen molar-refractivity contribution in [3.63, 3.8) is 0 Å². The van der Waals surface area contributed by atoms with Crippen molar-refractivity contribution in [3.05, 3.63) is 122 Å². The fraction of sp³-hybridized carbons (Fsp3) is 0.689. The van der Waals surface area contributed by atoms with E-state index in [2.05, 4.69) is 135 Å². The van der Waals surface area contributed by atoms with Crippen molar-refractivity contribution in [3.8, 4) is 0 Å². The molecule has 0 saturated heterocycles. The maximum absolute atomic E-state index is 12.9. The van der Waals surface area contributed by atoms with Crippen LogP contribution in [0.3, 0.4) is 0 Å². The van der Waals surface area contributed by atoms with E-state index in [1.54, 1.807) is 0 Å². The molecule has 0 radical (unpaired) electrons. The largest absolute Gasteiger partial charge is 0.545 e. The van der Waals surface area contributed by atoms with Gasteiger partial charge in [0.25, 0.3) is 0 Å². The minimum Gasteiger partial charge on any atom is -0.545 e. The Balaban J connectivity index is 4.19. The molecular weight excluding hydrogens is 1030 g/mol. The number of carbonyl (C=O) groups excluding carboxylic acids is 3. The van der Waals surface area contributed by atoms with Gasteiger partial charge in [0.15, 0.2) is 12.4 Å². The summed E-state index contributed by atoms with van der Waals surface area (Å²) >= 11 is 0. The second-order valence-electron chi connectivity index (χ2n) is 23.4. The van der Waals surface area contributed by atoms with Gasteiger partial charge in [-0.1, -0.05) is 270 Å². The van der Waals surface area contributed by atoms with Crippen molar-refractivity contribution in [2.45, 2.75) is 283 Å². The first-order valence-corrected chi connectivity index (χ1v) is 33.7. The number of quaternary nitrogens is 1. The summed E-state index contributed by atoms with van der Waals surface area (Å²) < 4.78 is 22.8. The molecule has 0 spiro atoms. The van der Waals surface area contributed by atoms with Gasteiger partial charge in [0.1, 0.15) is 13.2 Å². The zero-order valence-electron chi connectivity index (χ0n) is 54.0. The van der Waals surface area contributed by atoms with Crippen LogP contribution >= 0.6 is 0 Å². The van der Waals surface area contributed by atoms with Crippen molar-refractivity contribution in [1.82, 2.24) is 0 Å². The lowest BCUT2D eigenvalue weighted by atomic mass is 10.0. The number of hydrogen-bond donors (Lipinski definition) is 0. The Bertz CT molecular complexity index is 1780. The lowest BCUT2D eigenvalue weighted by molar-refractivity contribution is -0.870. The molecule has 0 aromatic carbocycles. The topological polar surface area (TPSA) is 111 Å². The van der Waals surface area contributed by atoms with Gasteiger partial charge < -0.3 is 33.3 Å². The third kappa shape index (κ3) is 65.1. The number of rotatable bonds is 61. The Kier molecular flexibility index (Phi) is 60.4. The highest BCUT2D eigenvalue weighted by atomic mass is 16.7. The molecule has 0 aliphatic heterocycles. The van der Waals surface area contributed by atoms with E-state index in [1.165, 1.54) is 135 Å². The number of likely N-dealkylation sites (N-methyl/N-ethyl adjacent to an activating group) is 1. The van der Waals surface area contributed by atoms with Crippen LogP contribution in [0.2, 0.25) is 0 Å². The number of hydrogen-bond acceptors (Lipinski definition) is 8. The van der Waals surface area contributed by atoms with Crippen LogP contribution in [0.4, 0.5) is 0 Å². The Morgan fingerprint density at radius 2 is 0.687 bits per heavy atom. The minimum atomic E-state index is -1.63. The van der Waals surface area contributed by atoms with E-state index in [0.717, 1.165) is 103 Å². The average Bonchev–Trinajstić information content (AvgIpc) is 3.46. The summed E-state index contributed by atoms with van der Waals surface area (Å²) in [5, 5.41) is 11.8. The Morgan fingerprint density at radius 1 is 0.373 bits per heavy atom. The Hall–Kier alpha value is -4.31. The summed E-state index contributed by atoms with van der Waals surface area (Å²) in [7, 11) is 5.92. The lowest BCUT2D eigenvalue weighted by Gasteiger charge is -2.26. The molecule has 0 rings (SSSR count). The molecule has 0 aliphatic carbocycles. The molecule has 0 amide bonds. The minimum absolute atomic E-state index is 0.141. The zero-order valence-corrected chi connectivity index (χ0v) is 54.0. The van der Waals surface area contributed by atoms with Crippen LogP contribution < -0.4 is 5.11 Å².